The summed E-state index contributed by atoms with van der Waals surface area (Å²) in [5.74, 6) is 1.10. The zero-order valence-corrected chi connectivity index (χ0v) is 18.0. The number of nitrogens with zero attached hydrogens (tertiary/aromatic N) is 4. The average molecular weight is 415 g/mol. The highest BCUT2D eigenvalue weighted by Gasteiger charge is 2.22. The normalized spacial score (nSPS) is 13.4. The summed E-state index contributed by atoms with van der Waals surface area (Å²) in [6.07, 6.45) is -0.0395. The molecule has 0 radical (unpaired) electrons. The zero-order chi connectivity index (χ0) is 22.0. The molecule has 0 aliphatic heterocycles. The molecule has 0 fully saturated rings. The molecular weight excluding hydrogens is 386 g/mol. The van der Waals surface area contributed by atoms with Crippen molar-refractivity contribution in [3.63, 3.8) is 0 Å². The average Bonchev–Trinajstić information content (AvgIpc) is 3.08. The highest BCUT2D eigenvalue weighted by molar-refractivity contribution is 5.74. The van der Waals surface area contributed by atoms with Crippen LogP contribution >= 0.6 is 0 Å². The van der Waals surface area contributed by atoms with Gasteiger partial charge in [-0.1, -0.05) is 24.6 Å². The molecule has 1 aromatic carbocycles. The van der Waals surface area contributed by atoms with Gasteiger partial charge in [-0.25, -0.2) is 4.79 Å². The highest BCUT2D eigenvalue weighted by Crippen LogP contribution is 2.18. The first-order chi connectivity index (χ1) is 14.2. The zero-order valence-electron chi connectivity index (χ0n) is 18.0. The maximum Gasteiger partial charge on any atom is 0.332 e. The summed E-state index contributed by atoms with van der Waals surface area (Å²) in [4.78, 5) is 29.6. The number of imidazole rings is 1. The Hall–Kier alpha value is -3.07. The van der Waals surface area contributed by atoms with Gasteiger partial charge in [0.2, 0.25) is 5.95 Å². The molecule has 0 spiro atoms. The molecular formula is C21H29N5O4. The van der Waals surface area contributed by atoms with Gasteiger partial charge < -0.3 is 19.7 Å². The summed E-state index contributed by atoms with van der Waals surface area (Å²) >= 11 is 0. The lowest BCUT2D eigenvalue weighted by molar-refractivity contribution is 0.0938. The number of ether oxygens (including phenoxy) is 1. The summed E-state index contributed by atoms with van der Waals surface area (Å²) in [6, 6.07) is 7.65. The number of rotatable bonds is 8. The van der Waals surface area contributed by atoms with Crippen molar-refractivity contribution in [1.82, 2.24) is 18.7 Å². The first kappa shape index (κ1) is 21.6. The Morgan fingerprint density at radius 3 is 2.47 bits per heavy atom. The predicted molar refractivity (Wildman–Crippen MR) is 116 cm³/mol. The number of anilines is 1. The molecule has 0 amide bonds. The molecule has 9 heteroatoms. The number of nitrogens with one attached hydrogen (secondary N) is 1. The van der Waals surface area contributed by atoms with Gasteiger partial charge in [-0.15, -0.1) is 0 Å². The third kappa shape index (κ3) is 4.25. The van der Waals surface area contributed by atoms with Gasteiger partial charge in [0.1, 0.15) is 18.5 Å². The van der Waals surface area contributed by atoms with Crippen LogP contribution in [-0.4, -0.2) is 42.5 Å². The van der Waals surface area contributed by atoms with Crippen molar-refractivity contribution in [3.8, 4) is 5.75 Å². The van der Waals surface area contributed by atoms with Gasteiger partial charge in [0.15, 0.2) is 11.2 Å². The smallest absolute Gasteiger partial charge is 0.332 e. The van der Waals surface area contributed by atoms with E-state index in [1.807, 2.05) is 45.0 Å². The van der Waals surface area contributed by atoms with Crippen LogP contribution in [0.1, 0.15) is 25.8 Å². The molecule has 2 N–H and O–H groups in total. The van der Waals surface area contributed by atoms with Gasteiger partial charge in [0, 0.05) is 20.1 Å². The Morgan fingerprint density at radius 1 is 1.17 bits per heavy atom. The molecule has 162 valence electrons. The van der Waals surface area contributed by atoms with Crippen LogP contribution in [0, 0.1) is 6.92 Å². The summed E-state index contributed by atoms with van der Waals surface area (Å²) in [5.41, 5.74) is 0.760. The second-order valence-electron chi connectivity index (χ2n) is 7.66. The first-order valence-corrected chi connectivity index (χ1v) is 10.0. The monoisotopic (exact) mass is 415 g/mol. The maximum atomic E-state index is 12.8. The van der Waals surface area contributed by atoms with Crippen LogP contribution in [0.4, 0.5) is 5.95 Å². The summed E-state index contributed by atoms with van der Waals surface area (Å²) < 4.78 is 9.69. The van der Waals surface area contributed by atoms with Gasteiger partial charge in [0.25, 0.3) is 5.56 Å². The van der Waals surface area contributed by atoms with Gasteiger partial charge in [0.05, 0.1) is 6.54 Å². The van der Waals surface area contributed by atoms with Gasteiger partial charge in [-0.05, 0) is 32.4 Å². The topological polar surface area (TPSA) is 103 Å². The second kappa shape index (κ2) is 8.74. The first-order valence-electron chi connectivity index (χ1n) is 10.0. The van der Waals surface area contributed by atoms with E-state index in [-0.39, 0.29) is 30.4 Å². The van der Waals surface area contributed by atoms with E-state index in [2.05, 4.69) is 10.3 Å². The van der Waals surface area contributed by atoms with Crippen LogP contribution in [0.5, 0.6) is 5.75 Å². The second-order valence-corrected chi connectivity index (χ2v) is 7.66. The van der Waals surface area contributed by atoms with Gasteiger partial charge in [-0.3, -0.25) is 13.9 Å². The molecule has 30 heavy (non-hydrogen) atoms. The molecule has 3 aromatic rings. The molecule has 0 aliphatic carbocycles. The number of benzene rings is 1. The molecule has 0 unspecified atom stereocenters. The standard InChI is InChI=1S/C21H29N5O4/c1-6-14(3)22-20-23-18-17(19(28)25(5)21(29)24(18)4)26(20)11-15(27)12-30-16-9-7-13(2)8-10-16/h7-10,14-15,27H,6,11-12H2,1-5H3,(H,22,23)/t14-,15-/m1/s1. The minimum Gasteiger partial charge on any atom is -0.491 e. The fraction of sp³-hybridized carbons (Fsp3) is 0.476. The summed E-state index contributed by atoms with van der Waals surface area (Å²) in [5, 5.41) is 13.9. The largest absolute Gasteiger partial charge is 0.491 e. The lowest BCUT2D eigenvalue weighted by Crippen LogP contribution is -2.38. The van der Waals surface area contributed by atoms with E-state index in [4.69, 9.17) is 4.74 Å². The Labute approximate surface area is 174 Å². The van der Waals surface area contributed by atoms with E-state index in [0.29, 0.717) is 11.7 Å². The van der Waals surface area contributed by atoms with E-state index >= 15 is 0 Å². The fourth-order valence-corrected chi connectivity index (χ4v) is 3.15. The molecule has 3 rings (SSSR count). The van der Waals surface area contributed by atoms with E-state index in [1.54, 1.807) is 11.6 Å². The van der Waals surface area contributed by atoms with Crippen LogP contribution in [0.3, 0.4) is 0 Å². The van der Waals surface area contributed by atoms with Crippen LogP contribution < -0.4 is 21.3 Å². The number of aryl methyl sites for hydroxylation is 2. The van der Waals surface area contributed by atoms with E-state index in [0.717, 1.165) is 16.6 Å². The van der Waals surface area contributed by atoms with Crippen molar-refractivity contribution < 1.29 is 9.84 Å². The minimum atomic E-state index is -0.886. The predicted octanol–water partition coefficient (Wildman–Crippen LogP) is 1.39. The molecule has 0 bridgehead atoms. The van der Waals surface area contributed by atoms with Crippen molar-refractivity contribution >= 4 is 17.1 Å². The molecule has 2 heterocycles. The lowest BCUT2D eigenvalue weighted by atomic mass is 10.2. The fourth-order valence-electron chi connectivity index (χ4n) is 3.15. The lowest BCUT2D eigenvalue weighted by Gasteiger charge is -2.18. The van der Waals surface area contributed by atoms with Crippen molar-refractivity contribution in [2.45, 2.75) is 45.9 Å². The quantitative estimate of drug-likeness (QED) is 0.576. The van der Waals surface area contributed by atoms with Gasteiger partial charge in [-0.2, -0.15) is 4.98 Å². The van der Waals surface area contributed by atoms with E-state index < -0.39 is 17.4 Å². The minimum absolute atomic E-state index is 0.0532. The van der Waals surface area contributed by atoms with Crippen molar-refractivity contribution in [2.24, 2.45) is 14.1 Å². The molecule has 0 aliphatic rings. The van der Waals surface area contributed by atoms with Crippen LogP contribution in [0.2, 0.25) is 0 Å². The Kier molecular flexibility index (Phi) is 6.31. The molecule has 0 saturated carbocycles. The summed E-state index contributed by atoms with van der Waals surface area (Å²) in [6.45, 7) is 6.16. The van der Waals surface area contributed by atoms with E-state index in [1.165, 1.54) is 11.6 Å². The van der Waals surface area contributed by atoms with Gasteiger partial charge >= 0.3 is 5.69 Å². The number of fused-ring (bicyclic) bond motifs is 1. The molecule has 2 aromatic heterocycles. The van der Waals surface area contributed by atoms with Crippen molar-refractivity contribution in [1.29, 1.82) is 0 Å². The highest BCUT2D eigenvalue weighted by atomic mass is 16.5. The SMILES string of the molecule is CC[C@@H](C)Nc1nc2c(c(=O)n(C)c(=O)n2C)n1C[C@@H](O)COc1ccc(C)cc1. The van der Waals surface area contributed by atoms with Crippen LogP contribution in [0.25, 0.3) is 11.2 Å². The van der Waals surface area contributed by atoms with Crippen LogP contribution in [0.15, 0.2) is 33.9 Å². The number of hydrogen-bond acceptors (Lipinski definition) is 6. The third-order valence-corrected chi connectivity index (χ3v) is 5.19. The van der Waals surface area contributed by atoms with Crippen LogP contribution in [-0.2, 0) is 20.6 Å². The Morgan fingerprint density at radius 2 is 1.83 bits per heavy atom. The third-order valence-electron chi connectivity index (χ3n) is 5.19. The molecule has 9 nitrogen and oxygen atoms in total. The molecule has 2 atom stereocenters. The maximum absolute atomic E-state index is 12.8. The number of aliphatic hydroxyl groups is 1. The summed E-state index contributed by atoms with van der Waals surface area (Å²) in [7, 11) is 3.01. The Balaban J connectivity index is 1.95. The van der Waals surface area contributed by atoms with Crippen molar-refractivity contribution in [3.05, 3.63) is 50.7 Å². The van der Waals surface area contributed by atoms with E-state index in [9.17, 15) is 14.7 Å². The number of aliphatic hydroxyl groups excluding tert-OH is 1. The Bertz CT molecular complexity index is 1140. The number of hydrogen-bond donors (Lipinski definition) is 2. The number of aromatic nitrogens is 4. The molecule has 0 saturated heterocycles. The van der Waals surface area contributed by atoms with Crippen molar-refractivity contribution in [2.75, 3.05) is 11.9 Å².